The highest BCUT2D eigenvalue weighted by Crippen LogP contribution is 2.38. The van der Waals surface area contributed by atoms with Gasteiger partial charge in [-0.05, 0) is 37.0 Å². The van der Waals surface area contributed by atoms with Crippen LogP contribution in [0.1, 0.15) is 42.4 Å². The molecule has 1 aromatic rings. The number of methoxy groups -OCH3 is 1. The molecular weight excluding hydrogens is 212 g/mol. The molecule has 3 heteroatoms. The molecule has 0 unspecified atom stereocenters. The van der Waals surface area contributed by atoms with Crippen molar-refractivity contribution >= 4 is 0 Å². The number of rotatable bonds is 2. The molecular formula is C14H18N2O. The summed E-state index contributed by atoms with van der Waals surface area (Å²) in [5.41, 5.74) is 8.81. The fourth-order valence-corrected chi connectivity index (χ4v) is 2.71. The van der Waals surface area contributed by atoms with Gasteiger partial charge in [-0.2, -0.15) is 5.26 Å². The van der Waals surface area contributed by atoms with Gasteiger partial charge in [0.1, 0.15) is 11.8 Å². The average molecular weight is 230 g/mol. The third-order valence-electron chi connectivity index (χ3n) is 3.67. The minimum atomic E-state index is -0.247. The number of hydrogen-bond acceptors (Lipinski definition) is 3. The summed E-state index contributed by atoms with van der Waals surface area (Å²) in [6.45, 7) is 1.96. The van der Waals surface area contributed by atoms with Gasteiger partial charge in [0.15, 0.2) is 0 Å². The van der Waals surface area contributed by atoms with Crippen LogP contribution in [0, 0.1) is 18.3 Å². The van der Waals surface area contributed by atoms with E-state index in [0.29, 0.717) is 11.3 Å². The zero-order chi connectivity index (χ0) is 12.5. The summed E-state index contributed by atoms with van der Waals surface area (Å²) < 4.78 is 5.25. The Kier molecular flexibility index (Phi) is 3.08. The van der Waals surface area contributed by atoms with Crippen molar-refractivity contribution in [2.45, 2.75) is 38.1 Å². The molecule has 3 nitrogen and oxygen atoms in total. The van der Waals surface area contributed by atoms with Crippen LogP contribution in [0.15, 0.2) is 12.1 Å². The van der Waals surface area contributed by atoms with Crippen LogP contribution in [-0.4, -0.2) is 7.11 Å². The second-order valence-electron chi connectivity index (χ2n) is 4.85. The van der Waals surface area contributed by atoms with Crippen LogP contribution in [0.25, 0.3) is 0 Å². The zero-order valence-electron chi connectivity index (χ0n) is 10.4. The maximum Gasteiger partial charge on any atom is 0.139 e. The molecule has 2 N–H and O–H groups in total. The Bertz CT molecular complexity index is 468. The topological polar surface area (TPSA) is 59.0 Å². The molecule has 0 aliphatic heterocycles. The van der Waals surface area contributed by atoms with Gasteiger partial charge in [-0.3, -0.25) is 0 Å². The summed E-state index contributed by atoms with van der Waals surface area (Å²) in [4.78, 5) is 0. The Morgan fingerprint density at radius 2 is 2.00 bits per heavy atom. The first-order valence-corrected chi connectivity index (χ1v) is 5.99. The maximum absolute atomic E-state index is 9.15. The molecule has 0 aromatic heterocycles. The van der Waals surface area contributed by atoms with E-state index >= 15 is 0 Å². The SMILES string of the molecule is COc1c(C)cc(C2(N)CCCC2)cc1C#N. The van der Waals surface area contributed by atoms with Crippen molar-refractivity contribution in [2.24, 2.45) is 5.73 Å². The predicted octanol–water partition coefficient (Wildman–Crippen LogP) is 2.60. The summed E-state index contributed by atoms with van der Waals surface area (Å²) in [6.07, 6.45) is 4.35. The van der Waals surface area contributed by atoms with Gasteiger partial charge < -0.3 is 10.5 Å². The minimum absolute atomic E-state index is 0.247. The number of nitriles is 1. The normalized spacial score (nSPS) is 17.8. The van der Waals surface area contributed by atoms with Crippen LogP contribution in [0.5, 0.6) is 5.75 Å². The second kappa shape index (κ2) is 4.38. The molecule has 1 saturated carbocycles. The molecule has 0 bridgehead atoms. The number of hydrogen-bond donors (Lipinski definition) is 1. The number of benzene rings is 1. The van der Waals surface area contributed by atoms with Crippen molar-refractivity contribution < 1.29 is 4.74 Å². The van der Waals surface area contributed by atoms with Crippen molar-refractivity contribution in [3.63, 3.8) is 0 Å². The molecule has 0 saturated heterocycles. The summed E-state index contributed by atoms with van der Waals surface area (Å²) in [5, 5.41) is 9.15. The molecule has 0 heterocycles. The standard InChI is InChI=1S/C14H18N2O/c1-10-7-12(14(16)5-3-4-6-14)8-11(9-15)13(10)17-2/h7-8H,3-6,16H2,1-2H3. The number of ether oxygens (including phenoxy) is 1. The Morgan fingerprint density at radius 3 is 2.53 bits per heavy atom. The van der Waals surface area contributed by atoms with Gasteiger partial charge in [0.25, 0.3) is 0 Å². The molecule has 0 amide bonds. The van der Waals surface area contributed by atoms with E-state index in [1.807, 2.05) is 13.0 Å². The lowest BCUT2D eigenvalue weighted by Gasteiger charge is -2.25. The molecule has 0 radical (unpaired) electrons. The van der Waals surface area contributed by atoms with E-state index in [1.165, 1.54) is 12.8 Å². The molecule has 0 spiro atoms. The number of aryl methyl sites for hydroxylation is 1. The van der Waals surface area contributed by atoms with Crippen molar-refractivity contribution in [1.82, 2.24) is 0 Å². The van der Waals surface area contributed by atoms with Crippen LogP contribution in [-0.2, 0) is 5.54 Å². The lowest BCUT2D eigenvalue weighted by atomic mass is 9.87. The lowest BCUT2D eigenvalue weighted by molar-refractivity contribution is 0.408. The Hall–Kier alpha value is -1.53. The molecule has 17 heavy (non-hydrogen) atoms. The Morgan fingerprint density at radius 1 is 1.35 bits per heavy atom. The summed E-state index contributed by atoms with van der Waals surface area (Å²) in [6, 6.07) is 6.13. The van der Waals surface area contributed by atoms with Gasteiger partial charge >= 0.3 is 0 Å². The van der Waals surface area contributed by atoms with Crippen molar-refractivity contribution in [1.29, 1.82) is 5.26 Å². The van der Waals surface area contributed by atoms with Gasteiger partial charge in [0, 0.05) is 5.54 Å². The van der Waals surface area contributed by atoms with E-state index in [9.17, 15) is 0 Å². The van der Waals surface area contributed by atoms with Crippen molar-refractivity contribution in [3.8, 4) is 11.8 Å². The largest absolute Gasteiger partial charge is 0.495 e. The molecule has 1 aliphatic carbocycles. The first-order chi connectivity index (χ1) is 8.10. The summed E-state index contributed by atoms with van der Waals surface area (Å²) in [7, 11) is 1.59. The highest BCUT2D eigenvalue weighted by molar-refractivity contribution is 5.52. The van der Waals surface area contributed by atoms with Crippen LogP contribution >= 0.6 is 0 Å². The summed E-state index contributed by atoms with van der Waals surface area (Å²) in [5.74, 6) is 0.665. The Labute approximate surface area is 102 Å². The van der Waals surface area contributed by atoms with Crippen LogP contribution in [0.4, 0.5) is 0 Å². The zero-order valence-corrected chi connectivity index (χ0v) is 10.4. The van der Waals surface area contributed by atoms with E-state index in [-0.39, 0.29) is 5.54 Å². The maximum atomic E-state index is 9.15. The third kappa shape index (κ3) is 2.01. The van der Waals surface area contributed by atoms with E-state index < -0.39 is 0 Å². The molecule has 0 atom stereocenters. The average Bonchev–Trinajstić information content (AvgIpc) is 2.76. The van der Waals surface area contributed by atoms with E-state index in [1.54, 1.807) is 7.11 Å². The number of nitrogens with zero attached hydrogens (tertiary/aromatic N) is 1. The number of nitrogens with two attached hydrogens (primary N) is 1. The van der Waals surface area contributed by atoms with Gasteiger partial charge in [-0.25, -0.2) is 0 Å². The fourth-order valence-electron chi connectivity index (χ4n) is 2.71. The van der Waals surface area contributed by atoms with Gasteiger partial charge in [-0.15, -0.1) is 0 Å². The molecule has 90 valence electrons. The van der Waals surface area contributed by atoms with E-state index in [0.717, 1.165) is 24.0 Å². The fraction of sp³-hybridized carbons (Fsp3) is 0.500. The van der Waals surface area contributed by atoms with Crippen LogP contribution in [0.2, 0.25) is 0 Å². The van der Waals surface area contributed by atoms with Crippen molar-refractivity contribution in [3.05, 3.63) is 28.8 Å². The van der Waals surface area contributed by atoms with E-state index in [4.69, 9.17) is 15.7 Å². The van der Waals surface area contributed by atoms with Gasteiger partial charge in [0.05, 0.1) is 12.7 Å². The Balaban J connectivity index is 2.51. The first kappa shape index (κ1) is 11.9. The molecule has 1 aliphatic rings. The lowest BCUT2D eigenvalue weighted by Crippen LogP contribution is -2.33. The molecule has 1 fully saturated rings. The van der Waals surface area contributed by atoms with Crippen molar-refractivity contribution in [2.75, 3.05) is 7.11 Å². The predicted molar refractivity (Wildman–Crippen MR) is 66.8 cm³/mol. The van der Waals surface area contributed by atoms with E-state index in [2.05, 4.69) is 12.1 Å². The molecule has 2 rings (SSSR count). The van der Waals surface area contributed by atoms with Crippen LogP contribution < -0.4 is 10.5 Å². The third-order valence-corrected chi connectivity index (χ3v) is 3.67. The highest BCUT2D eigenvalue weighted by Gasteiger charge is 2.32. The van der Waals surface area contributed by atoms with Crippen LogP contribution in [0.3, 0.4) is 0 Å². The van der Waals surface area contributed by atoms with Gasteiger partial charge in [-0.1, -0.05) is 18.9 Å². The highest BCUT2D eigenvalue weighted by atomic mass is 16.5. The quantitative estimate of drug-likeness (QED) is 0.849. The van der Waals surface area contributed by atoms with Gasteiger partial charge in [0.2, 0.25) is 0 Å². The monoisotopic (exact) mass is 230 g/mol. The smallest absolute Gasteiger partial charge is 0.139 e. The second-order valence-corrected chi connectivity index (χ2v) is 4.85. The summed E-state index contributed by atoms with van der Waals surface area (Å²) >= 11 is 0. The minimum Gasteiger partial charge on any atom is -0.495 e. The first-order valence-electron chi connectivity index (χ1n) is 5.99. The molecule has 1 aromatic carbocycles.